The van der Waals surface area contributed by atoms with Crippen LogP contribution >= 0.6 is 0 Å². The third-order valence-corrected chi connectivity index (χ3v) is 4.69. The van der Waals surface area contributed by atoms with Crippen LogP contribution in [0, 0.1) is 5.92 Å². The van der Waals surface area contributed by atoms with Gasteiger partial charge in [0.1, 0.15) is 0 Å². The fourth-order valence-corrected chi connectivity index (χ4v) is 3.28. The summed E-state index contributed by atoms with van der Waals surface area (Å²) in [4.78, 5) is 18.6. The van der Waals surface area contributed by atoms with E-state index in [9.17, 15) is 4.79 Å². The Hall–Kier alpha value is -2.08. The van der Waals surface area contributed by atoms with Crippen LogP contribution in [0.25, 0.3) is 0 Å². The van der Waals surface area contributed by atoms with E-state index in [1.165, 1.54) is 24.1 Å². The number of fused-ring (bicyclic) bond motifs is 1. The first-order chi connectivity index (χ1) is 11.3. The molecule has 0 saturated heterocycles. The highest BCUT2D eigenvalue weighted by Crippen LogP contribution is 2.32. The first-order valence-corrected chi connectivity index (χ1v) is 8.29. The predicted octanol–water partition coefficient (Wildman–Crippen LogP) is 1.95. The van der Waals surface area contributed by atoms with E-state index in [0.29, 0.717) is 18.9 Å². The highest BCUT2D eigenvalue weighted by molar-refractivity contribution is 5.76. The molecule has 1 fully saturated rings. The molecule has 2 aliphatic rings. The van der Waals surface area contributed by atoms with Crippen LogP contribution in [-0.4, -0.2) is 33.4 Å². The fraction of sp³-hybridized carbons (Fsp3) is 0.529. The number of hydrogen-bond acceptors (Lipinski definition) is 4. The molecule has 1 amide bonds. The van der Waals surface area contributed by atoms with E-state index in [0.717, 1.165) is 19.6 Å². The highest BCUT2D eigenvalue weighted by Gasteiger charge is 2.27. The molecule has 3 heterocycles. The van der Waals surface area contributed by atoms with Crippen LogP contribution in [-0.2, 0) is 17.9 Å². The topological polar surface area (TPSA) is 63.3 Å². The largest absolute Gasteiger partial charge is 0.472 e. The van der Waals surface area contributed by atoms with Gasteiger partial charge >= 0.3 is 0 Å². The molecule has 23 heavy (non-hydrogen) atoms. The van der Waals surface area contributed by atoms with Crippen molar-refractivity contribution in [2.75, 3.05) is 13.1 Å². The zero-order chi connectivity index (χ0) is 15.6. The van der Waals surface area contributed by atoms with E-state index >= 15 is 0 Å². The average Bonchev–Trinajstić information content (AvgIpc) is 3.02. The second-order valence-electron chi connectivity index (χ2n) is 6.70. The maximum atomic E-state index is 12.0. The number of imidazole rings is 1. The van der Waals surface area contributed by atoms with E-state index in [4.69, 9.17) is 4.42 Å². The van der Waals surface area contributed by atoms with Crippen molar-refractivity contribution in [1.29, 1.82) is 0 Å². The molecule has 1 aliphatic carbocycles. The Morgan fingerprint density at radius 2 is 2.35 bits per heavy atom. The Bertz CT molecular complexity index is 660. The lowest BCUT2D eigenvalue weighted by molar-refractivity contribution is -0.121. The predicted molar refractivity (Wildman–Crippen MR) is 84.4 cm³/mol. The van der Waals surface area contributed by atoms with E-state index in [2.05, 4.69) is 19.8 Å². The SMILES string of the molecule is O=C(CC1CC1)NCC1CN(Cc2ccoc2)Cc2cncn21. The van der Waals surface area contributed by atoms with E-state index in [1.807, 2.05) is 18.6 Å². The minimum absolute atomic E-state index is 0.182. The molecule has 0 radical (unpaired) electrons. The number of carbonyl (C=O) groups excluding carboxylic acids is 1. The van der Waals surface area contributed by atoms with Crippen LogP contribution < -0.4 is 5.32 Å². The zero-order valence-electron chi connectivity index (χ0n) is 13.1. The molecular weight excluding hydrogens is 292 g/mol. The number of hydrogen-bond donors (Lipinski definition) is 1. The lowest BCUT2D eigenvalue weighted by atomic mass is 10.1. The molecule has 1 aliphatic heterocycles. The Balaban J connectivity index is 1.39. The quantitative estimate of drug-likeness (QED) is 0.885. The summed E-state index contributed by atoms with van der Waals surface area (Å²) < 4.78 is 7.36. The molecule has 122 valence electrons. The maximum absolute atomic E-state index is 12.0. The van der Waals surface area contributed by atoms with Crippen LogP contribution in [0.15, 0.2) is 35.5 Å². The molecule has 2 aromatic rings. The second kappa shape index (κ2) is 6.20. The number of amides is 1. The molecule has 1 unspecified atom stereocenters. The number of nitrogens with zero attached hydrogens (tertiary/aromatic N) is 3. The van der Waals surface area contributed by atoms with Gasteiger partial charge in [0.25, 0.3) is 0 Å². The van der Waals surface area contributed by atoms with Gasteiger partial charge in [-0.05, 0) is 24.8 Å². The summed E-state index contributed by atoms with van der Waals surface area (Å²) in [6.07, 6.45) is 10.4. The molecule has 2 aromatic heterocycles. The molecule has 0 aromatic carbocycles. The Morgan fingerprint density at radius 1 is 1.43 bits per heavy atom. The second-order valence-corrected chi connectivity index (χ2v) is 6.70. The number of rotatable bonds is 6. The van der Waals surface area contributed by atoms with E-state index in [1.54, 1.807) is 12.5 Å². The molecule has 6 heteroatoms. The van der Waals surface area contributed by atoms with Crippen molar-refractivity contribution in [3.8, 4) is 0 Å². The monoisotopic (exact) mass is 314 g/mol. The van der Waals surface area contributed by atoms with Gasteiger partial charge in [-0.15, -0.1) is 0 Å². The third-order valence-electron chi connectivity index (χ3n) is 4.69. The van der Waals surface area contributed by atoms with Crippen LogP contribution in [0.4, 0.5) is 0 Å². The van der Waals surface area contributed by atoms with Gasteiger partial charge in [0.05, 0.1) is 30.6 Å². The van der Waals surface area contributed by atoms with Gasteiger partial charge in [-0.1, -0.05) is 0 Å². The van der Waals surface area contributed by atoms with Gasteiger partial charge in [0.15, 0.2) is 0 Å². The minimum Gasteiger partial charge on any atom is -0.472 e. The number of carbonyl (C=O) groups is 1. The summed E-state index contributed by atoms with van der Waals surface area (Å²) in [5.74, 6) is 0.809. The van der Waals surface area contributed by atoms with Crippen molar-refractivity contribution < 1.29 is 9.21 Å². The Kier molecular flexibility index (Phi) is 3.91. The van der Waals surface area contributed by atoms with Crippen LogP contribution in [0.2, 0.25) is 0 Å². The molecule has 1 N–H and O–H groups in total. The highest BCUT2D eigenvalue weighted by atomic mass is 16.3. The molecule has 6 nitrogen and oxygen atoms in total. The van der Waals surface area contributed by atoms with Gasteiger partial charge in [-0.3, -0.25) is 9.69 Å². The van der Waals surface area contributed by atoms with Crippen molar-refractivity contribution in [3.05, 3.63) is 42.4 Å². The Labute approximate surface area is 135 Å². The molecule has 0 spiro atoms. The lowest BCUT2D eigenvalue weighted by Gasteiger charge is -2.34. The van der Waals surface area contributed by atoms with Crippen molar-refractivity contribution in [2.24, 2.45) is 5.92 Å². The van der Waals surface area contributed by atoms with Gasteiger partial charge in [0, 0.05) is 44.4 Å². The summed E-state index contributed by atoms with van der Waals surface area (Å²) in [7, 11) is 0. The van der Waals surface area contributed by atoms with Gasteiger partial charge in [-0.25, -0.2) is 4.98 Å². The smallest absolute Gasteiger partial charge is 0.220 e. The summed E-state index contributed by atoms with van der Waals surface area (Å²) in [5, 5.41) is 3.10. The van der Waals surface area contributed by atoms with Crippen LogP contribution in [0.5, 0.6) is 0 Å². The maximum Gasteiger partial charge on any atom is 0.220 e. The number of nitrogens with one attached hydrogen (secondary N) is 1. The average molecular weight is 314 g/mol. The van der Waals surface area contributed by atoms with Gasteiger partial charge < -0.3 is 14.3 Å². The normalized spacial score (nSPS) is 21.1. The van der Waals surface area contributed by atoms with E-state index < -0.39 is 0 Å². The first-order valence-electron chi connectivity index (χ1n) is 8.29. The van der Waals surface area contributed by atoms with Gasteiger partial charge in [-0.2, -0.15) is 0 Å². The van der Waals surface area contributed by atoms with Crippen LogP contribution in [0.3, 0.4) is 0 Å². The molecule has 4 rings (SSSR count). The van der Waals surface area contributed by atoms with E-state index in [-0.39, 0.29) is 11.9 Å². The summed E-state index contributed by atoms with van der Waals surface area (Å²) in [5.41, 5.74) is 2.37. The third kappa shape index (κ3) is 3.47. The summed E-state index contributed by atoms with van der Waals surface area (Å²) in [6.45, 7) is 3.29. The summed E-state index contributed by atoms with van der Waals surface area (Å²) in [6, 6.07) is 2.23. The van der Waals surface area contributed by atoms with Crippen molar-refractivity contribution in [2.45, 2.75) is 38.4 Å². The standard InChI is InChI=1S/C17H22N4O2/c22-17(5-13-1-2-13)19-7-16-10-20(8-14-3-4-23-11-14)9-15-6-18-12-21(15)16/h3-4,6,11-13,16H,1-2,5,7-10H2,(H,19,22). The Morgan fingerprint density at radius 3 is 3.13 bits per heavy atom. The fourth-order valence-electron chi connectivity index (χ4n) is 3.28. The van der Waals surface area contributed by atoms with Crippen molar-refractivity contribution in [3.63, 3.8) is 0 Å². The van der Waals surface area contributed by atoms with Crippen LogP contribution in [0.1, 0.15) is 36.6 Å². The molecule has 0 bridgehead atoms. The molecular formula is C17H22N4O2. The van der Waals surface area contributed by atoms with Gasteiger partial charge in [0.2, 0.25) is 5.91 Å². The molecule has 1 saturated carbocycles. The number of aromatic nitrogens is 2. The van der Waals surface area contributed by atoms with Crippen molar-refractivity contribution >= 4 is 5.91 Å². The first kappa shape index (κ1) is 14.5. The number of furan rings is 1. The van der Waals surface area contributed by atoms with Crippen molar-refractivity contribution in [1.82, 2.24) is 19.8 Å². The minimum atomic E-state index is 0.182. The lowest BCUT2D eigenvalue weighted by Crippen LogP contribution is -2.42. The zero-order valence-corrected chi connectivity index (χ0v) is 13.1. The summed E-state index contributed by atoms with van der Waals surface area (Å²) >= 11 is 0. The molecule has 1 atom stereocenters.